The molecule has 0 aliphatic rings. The van der Waals surface area contributed by atoms with Crippen LogP contribution < -0.4 is 0 Å². The molecule has 0 atom stereocenters. The number of carbonyl (C=O) groups is 2. The van der Waals surface area contributed by atoms with E-state index < -0.39 is 0 Å². The predicted octanol–water partition coefficient (Wildman–Crippen LogP) is 0.926. The highest BCUT2D eigenvalue weighted by molar-refractivity contribution is 5.72. The molecule has 0 amide bonds. The fraction of sp³-hybridized carbons (Fsp3) is 0.833. The summed E-state index contributed by atoms with van der Waals surface area (Å²) in [4.78, 5) is 22.0. The van der Waals surface area contributed by atoms with E-state index in [4.69, 9.17) is 14.2 Å². The van der Waals surface area contributed by atoms with Crippen LogP contribution in [0.25, 0.3) is 0 Å². The Bertz CT molecular complexity index is 229. The van der Waals surface area contributed by atoms with Gasteiger partial charge in [-0.25, -0.2) is 0 Å². The van der Waals surface area contributed by atoms with Gasteiger partial charge in [-0.15, -0.1) is 0 Å². The molecule has 0 N–H and O–H groups in total. The summed E-state index contributed by atoms with van der Waals surface area (Å²) in [5.41, 5.74) is 0. The second-order valence-corrected chi connectivity index (χ2v) is 3.46. The van der Waals surface area contributed by atoms with Gasteiger partial charge in [-0.3, -0.25) is 9.59 Å². The largest absolute Gasteiger partial charge is 0.469 e. The number of ether oxygens (including phenoxy) is 4. The highest BCUT2D eigenvalue weighted by atomic mass is 16.6. The third-order valence-corrected chi connectivity index (χ3v) is 2.06. The third kappa shape index (κ3) is 11.3. The Labute approximate surface area is 108 Å². The van der Waals surface area contributed by atoms with Crippen molar-refractivity contribution in [1.82, 2.24) is 0 Å². The molecule has 0 heterocycles. The lowest BCUT2D eigenvalue weighted by Crippen LogP contribution is -2.13. The summed E-state index contributed by atoms with van der Waals surface area (Å²) in [7, 11) is 1.32. The van der Waals surface area contributed by atoms with Crippen LogP contribution in [0.1, 0.15) is 26.2 Å². The van der Waals surface area contributed by atoms with Crippen molar-refractivity contribution >= 4 is 11.9 Å². The minimum atomic E-state index is -0.327. The van der Waals surface area contributed by atoms with Gasteiger partial charge < -0.3 is 18.9 Å². The first kappa shape index (κ1) is 16.9. The van der Waals surface area contributed by atoms with Crippen LogP contribution in [0.5, 0.6) is 0 Å². The number of hydrogen-bond donors (Lipinski definition) is 0. The second kappa shape index (κ2) is 12.3. The molecule has 6 nitrogen and oxygen atoms in total. The summed E-state index contributed by atoms with van der Waals surface area (Å²) in [6.45, 7) is 4.20. The molecule has 106 valence electrons. The van der Waals surface area contributed by atoms with Gasteiger partial charge in [-0.1, -0.05) is 0 Å². The number of rotatable bonds is 11. The van der Waals surface area contributed by atoms with Gasteiger partial charge in [0.05, 0.1) is 26.9 Å². The van der Waals surface area contributed by atoms with Gasteiger partial charge in [0, 0.05) is 19.4 Å². The molecule has 0 aromatic carbocycles. The van der Waals surface area contributed by atoms with Gasteiger partial charge in [-0.05, 0) is 13.3 Å². The van der Waals surface area contributed by atoms with E-state index in [2.05, 4.69) is 4.74 Å². The molecule has 0 bridgehead atoms. The molecule has 6 heteroatoms. The van der Waals surface area contributed by atoms with Crippen molar-refractivity contribution < 1.29 is 28.5 Å². The summed E-state index contributed by atoms with van der Waals surface area (Å²) in [6, 6.07) is 0. The van der Waals surface area contributed by atoms with Crippen LogP contribution in [0, 0.1) is 0 Å². The van der Waals surface area contributed by atoms with Gasteiger partial charge in [0.25, 0.3) is 0 Å². The average Bonchev–Trinajstić information content (AvgIpc) is 2.37. The number of esters is 2. The smallest absolute Gasteiger partial charge is 0.305 e. The molecule has 0 saturated heterocycles. The van der Waals surface area contributed by atoms with E-state index in [-0.39, 0.29) is 31.4 Å². The third-order valence-electron chi connectivity index (χ3n) is 2.06. The average molecular weight is 262 g/mol. The Morgan fingerprint density at radius 1 is 0.889 bits per heavy atom. The van der Waals surface area contributed by atoms with E-state index in [0.717, 1.165) is 0 Å². The highest BCUT2D eigenvalue weighted by Crippen LogP contribution is 1.99. The van der Waals surface area contributed by atoms with E-state index in [0.29, 0.717) is 32.8 Å². The van der Waals surface area contributed by atoms with Crippen LogP contribution in [-0.2, 0) is 28.5 Å². The van der Waals surface area contributed by atoms with Crippen LogP contribution in [0.15, 0.2) is 0 Å². The van der Waals surface area contributed by atoms with Gasteiger partial charge in [0.2, 0.25) is 0 Å². The summed E-state index contributed by atoms with van der Waals surface area (Å²) in [5.74, 6) is -0.644. The molecule has 0 aromatic rings. The summed E-state index contributed by atoms with van der Waals surface area (Å²) >= 11 is 0. The molecule has 18 heavy (non-hydrogen) atoms. The first-order valence-electron chi connectivity index (χ1n) is 6.08. The molecule has 0 aliphatic carbocycles. The van der Waals surface area contributed by atoms with Crippen molar-refractivity contribution in [3.8, 4) is 0 Å². The van der Waals surface area contributed by atoms with E-state index in [1.54, 1.807) is 0 Å². The van der Waals surface area contributed by atoms with Crippen LogP contribution in [-0.4, -0.2) is 52.1 Å². The summed E-state index contributed by atoms with van der Waals surface area (Å²) in [5, 5.41) is 0. The monoisotopic (exact) mass is 262 g/mol. The van der Waals surface area contributed by atoms with Crippen LogP contribution in [0.4, 0.5) is 0 Å². The maximum absolute atomic E-state index is 11.2. The summed E-state index contributed by atoms with van der Waals surface area (Å²) < 4.78 is 19.6. The zero-order chi connectivity index (χ0) is 13.6. The van der Waals surface area contributed by atoms with Crippen molar-refractivity contribution in [3.05, 3.63) is 0 Å². The quantitative estimate of drug-likeness (QED) is 0.407. The lowest BCUT2D eigenvalue weighted by Gasteiger charge is -2.06. The van der Waals surface area contributed by atoms with Crippen molar-refractivity contribution in [1.29, 1.82) is 0 Å². The minimum absolute atomic E-state index is 0.216. The fourth-order valence-electron chi connectivity index (χ4n) is 1.13. The van der Waals surface area contributed by atoms with Gasteiger partial charge in [0.15, 0.2) is 0 Å². The molecular formula is C12H22O6. The van der Waals surface area contributed by atoms with Crippen LogP contribution in [0.3, 0.4) is 0 Å². The Balaban J connectivity index is 3.24. The number of methoxy groups -OCH3 is 1. The van der Waals surface area contributed by atoms with E-state index in [1.165, 1.54) is 7.11 Å². The Morgan fingerprint density at radius 3 is 2.17 bits per heavy atom. The van der Waals surface area contributed by atoms with Gasteiger partial charge >= 0.3 is 11.9 Å². The molecule has 0 aromatic heterocycles. The van der Waals surface area contributed by atoms with Crippen molar-refractivity contribution in [2.45, 2.75) is 26.2 Å². The molecule has 0 unspecified atom stereocenters. The van der Waals surface area contributed by atoms with Crippen molar-refractivity contribution in [3.63, 3.8) is 0 Å². The molecule has 0 spiro atoms. The molecular weight excluding hydrogens is 240 g/mol. The lowest BCUT2D eigenvalue weighted by atomic mass is 10.2. The van der Waals surface area contributed by atoms with Crippen molar-refractivity contribution in [2.24, 2.45) is 0 Å². The number of hydrogen-bond acceptors (Lipinski definition) is 6. The molecule has 0 aliphatic heterocycles. The van der Waals surface area contributed by atoms with E-state index in [1.807, 2.05) is 6.92 Å². The van der Waals surface area contributed by atoms with E-state index in [9.17, 15) is 9.59 Å². The first-order valence-corrected chi connectivity index (χ1v) is 6.08. The van der Waals surface area contributed by atoms with Gasteiger partial charge in [0.1, 0.15) is 6.61 Å². The van der Waals surface area contributed by atoms with Gasteiger partial charge in [-0.2, -0.15) is 0 Å². The standard InChI is InChI=1S/C12H22O6/c1-3-16-7-8-17-9-10-18-12(14)6-4-5-11(13)15-2/h3-10H2,1-2H3. The summed E-state index contributed by atoms with van der Waals surface area (Å²) in [6.07, 6.45) is 0.890. The topological polar surface area (TPSA) is 71.1 Å². The Hall–Kier alpha value is -1.14. The maximum atomic E-state index is 11.2. The highest BCUT2D eigenvalue weighted by Gasteiger charge is 2.05. The zero-order valence-corrected chi connectivity index (χ0v) is 11.1. The lowest BCUT2D eigenvalue weighted by molar-refractivity contribution is -0.146. The van der Waals surface area contributed by atoms with E-state index >= 15 is 0 Å². The Morgan fingerprint density at radius 2 is 1.50 bits per heavy atom. The SMILES string of the molecule is CCOCCOCCOC(=O)CCCC(=O)OC. The Kier molecular flexibility index (Phi) is 11.5. The molecule has 0 rings (SSSR count). The zero-order valence-electron chi connectivity index (χ0n) is 11.1. The molecule has 0 saturated carbocycles. The molecule has 0 fully saturated rings. The normalized spacial score (nSPS) is 10.1. The van der Waals surface area contributed by atoms with Crippen molar-refractivity contribution in [2.75, 3.05) is 40.1 Å². The van der Waals surface area contributed by atoms with Crippen LogP contribution in [0.2, 0.25) is 0 Å². The fourth-order valence-corrected chi connectivity index (χ4v) is 1.13. The predicted molar refractivity (Wildman–Crippen MR) is 64.1 cm³/mol. The minimum Gasteiger partial charge on any atom is -0.469 e. The molecule has 0 radical (unpaired) electrons. The number of carbonyl (C=O) groups excluding carboxylic acids is 2. The van der Waals surface area contributed by atoms with Crippen LogP contribution >= 0.6 is 0 Å². The second-order valence-electron chi connectivity index (χ2n) is 3.46. The first-order chi connectivity index (χ1) is 8.70. The maximum Gasteiger partial charge on any atom is 0.305 e.